The van der Waals surface area contributed by atoms with Crippen LogP contribution in [0.25, 0.3) is 11.3 Å². The van der Waals surface area contributed by atoms with Crippen molar-refractivity contribution < 1.29 is 9.53 Å². The van der Waals surface area contributed by atoms with Crippen LogP contribution in [-0.2, 0) is 16.0 Å². The Morgan fingerprint density at radius 2 is 2.25 bits per heavy atom. The SMILES string of the molecule is COC(=O)C1CCCc2nc(-c3ccccc3N)cn21. The average Bonchev–Trinajstić information content (AvgIpc) is 2.90. The minimum atomic E-state index is -0.269. The average molecular weight is 271 g/mol. The van der Waals surface area contributed by atoms with Gasteiger partial charge in [0.1, 0.15) is 11.9 Å². The molecule has 2 aromatic rings. The number of imidazole rings is 1. The largest absolute Gasteiger partial charge is 0.467 e. The Kier molecular flexibility index (Phi) is 3.18. The zero-order valence-corrected chi connectivity index (χ0v) is 11.4. The number of aromatic nitrogens is 2. The predicted molar refractivity (Wildman–Crippen MR) is 76.1 cm³/mol. The summed E-state index contributed by atoms with van der Waals surface area (Å²) < 4.78 is 6.80. The van der Waals surface area contributed by atoms with Gasteiger partial charge < -0.3 is 15.0 Å². The van der Waals surface area contributed by atoms with E-state index in [0.717, 1.165) is 36.3 Å². The summed E-state index contributed by atoms with van der Waals surface area (Å²) in [5, 5.41) is 0. The highest BCUT2D eigenvalue weighted by Gasteiger charge is 2.28. The topological polar surface area (TPSA) is 70.1 Å². The molecule has 1 aliphatic heterocycles. The Morgan fingerprint density at radius 1 is 1.45 bits per heavy atom. The van der Waals surface area contributed by atoms with Crippen molar-refractivity contribution in [1.82, 2.24) is 9.55 Å². The molecule has 5 heteroatoms. The van der Waals surface area contributed by atoms with E-state index < -0.39 is 0 Å². The number of hydrogen-bond donors (Lipinski definition) is 1. The molecule has 2 heterocycles. The molecular formula is C15H17N3O2. The van der Waals surface area contributed by atoms with Gasteiger partial charge in [-0.1, -0.05) is 18.2 Å². The smallest absolute Gasteiger partial charge is 0.328 e. The summed E-state index contributed by atoms with van der Waals surface area (Å²) in [5.74, 6) is 0.709. The number of methoxy groups -OCH3 is 1. The summed E-state index contributed by atoms with van der Waals surface area (Å²) in [5.41, 5.74) is 8.40. The second-order valence-electron chi connectivity index (χ2n) is 4.97. The molecule has 1 aliphatic rings. The van der Waals surface area contributed by atoms with Crippen LogP contribution in [0.2, 0.25) is 0 Å². The van der Waals surface area contributed by atoms with Gasteiger partial charge in [0, 0.05) is 23.9 Å². The first-order valence-electron chi connectivity index (χ1n) is 6.71. The molecule has 1 aromatic heterocycles. The van der Waals surface area contributed by atoms with Crippen LogP contribution in [0.4, 0.5) is 5.69 Å². The molecule has 1 aromatic carbocycles. The number of nitrogens with two attached hydrogens (primary N) is 1. The van der Waals surface area contributed by atoms with Gasteiger partial charge in [0.2, 0.25) is 0 Å². The van der Waals surface area contributed by atoms with E-state index in [1.165, 1.54) is 7.11 Å². The van der Waals surface area contributed by atoms with E-state index in [4.69, 9.17) is 10.5 Å². The standard InChI is InChI=1S/C15H17N3O2/c1-20-15(19)13-7-4-8-14-17-12(9-18(13)14)10-5-2-3-6-11(10)16/h2-3,5-6,9,13H,4,7-8,16H2,1H3. The first-order chi connectivity index (χ1) is 9.70. The van der Waals surface area contributed by atoms with Crippen LogP contribution in [0, 0.1) is 0 Å². The van der Waals surface area contributed by atoms with E-state index >= 15 is 0 Å². The maximum atomic E-state index is 11.8. The monoisotopic (exact) mass is 271 g/mol. The fourth-order valence-corrected chi connectivity index (χ4v) is 2.71. The maximum Gasteiger partial charge on any atom is 0.328 e. The summed E-state index contributed by atoms with van der Waals surface area (Å²) in [6.45, 7) is 0. The molecule has 1 atom stereocenters. The highest BCUT2D eigenvalue weighted by Crippen LogP contribution is 2.31. The number of nitrogen functional groups attached to an aromatic ring is 1. The van der Waals surface area contributed by atoms with Crippen LogP contribution in [0.15, 0.2) is 30.5 Å². The predicted octanol–water partition coefficient (Wildman–Crippen LogP) is 2.18. The summed E-state index contributed by atoms with van der Waals surface area (Å²) in [6.07, 6.45) is 4.52. The molecule has 20 heavy (non-hydrogen) atoms. The van der Waals surface area contributed by atoms with Crippen LogP contribution < -0.4 is 5.73 Å². The van der Waals surface area contributed by atoms with Crippen molar-refractivity contribution >= 4 is 11.7 Å². The van der Waals surface area contributed by atoms with Crippen molar-refractivity contribution in [1.29, 1.82) is 0 Å². The van der Waals surface area contributed by atoms with Crippen LogP contribution in [0.1, 0.15) is 24.7 Å². The van der Waals surface area contributed by atoms with Gasteiger partial charge in [-0.05, 0) is 18.9 Å². The van der Waals surface area contributed by atoms with Gasteiger partial charge in [0.25, 0.3) is 0 Å². The van der Waals surface area contributed by atoms with Crippen molar-refractivity contribution in [2.24, 2.45) is 0 Å². The molecule has 0 saturated heterocycles. The molecule has 5 nitrogen and oxygen atoms in total. The van der Waals surface area contributed by atoms with E-state index in [9.17, 15) is 4.79 Å². The number of carbonyl (C=O) groups excluding carboxylic acids is 1. The number of fused-ring (bicyclic) bond motifs is 1. The molecule has 1 unspecified atom stereocenters. The van der Waals surface area contributed by atoms with Crippen molar-refractivity contribution in [3.8, 4) is 11.3 Å². The number of ether oxygens (including phenoxy) is 1. The Labute approximate surface area is 117 Å². The molecule has 0 bridgehead atoms. The van der Waals surface area contributed by atoms with Crippen LogP contribution >= 0.6 is 0 Å². The summed E-state index contributed by atoms with van der Waals surface area (Å²) in [4.78, 5) is 16.5. The number of hydrogen-bond acceptors (Lipinski definition) is 4. The van der Waals surface area contributed by atoms with Crippen molar-refractivity contribution in [3.05, 3.63) is 36.3 Å². The van der Waals surface area contributed by atoms with Crippen LogP contribution in [0.3, 0.4) is 0 Å². The minimum absolute atomic E-state index is 0.212. The molecule has 2 N–H and O–H groups in total. The number of para-hydroxylation sites is 1. The van der Waals surface area contributed by atoms with Crippen LogP contribution in [0.5, 0.6) is 0 Å². The molecule has 0 fully saturated rings. The fraction of sp³-hybridized carbons (Fsp3) is 0.333. The molecule has 0 aliphatic carbocycles. The molecule has 0 saturated carbocycles. The quantitative estimate of drug-likeness (QED) is 0.671. The zero-order chi connectivity index (χ0) is 14.1. The van der Waals surface area contributed by atoms with Crippen molar-refractivity contribution in [2.45, 2.75) is 25.3 Å². The summed E-state index contributed by atoms with van der Waals surface area (Å²) in [7, 11) is 1.42. The van der Waals surface area contributed by atoms with Gasteiger partial charge in [0.05, 0.1) is 12.8 Å². The van der Waals surface area contributed by atoms with Crippen LogP contribution in [-0.4, -0.2) is 22.6 Å². The Balaban J connectivity index is 2.04. The number of carbonyl (C=O) groups is 1. The second-order valence-corrected chi connectivity index (χ2v) is 4.97. The summed E-state index contributed by atoms with van der Waals surface area (Å²) >= 11 is 0. The fourth-order valence-electron chi connectivity index (χ4n) is 2.71. The molecule has 0 radical (unpaired) electrons. The summed E-state index contributed by atoms with van der Waals surface area (Å²) in [6, 6.07) is 7.35. The van der Waals surface area contributed by atoms with Crippen molar-refractivity contribution in [2.75, 3.05) is 12.8 Å². The van der Waals surface area contributed by atoms with E-state index in [0.29, 0.717) is 5.69 Å². The molecule has 0 amide bonds. The lowest BCUT2D eigenvalue weighted by atomic mass is 10.1. The number of anilines is 1. The number of nitrogens with zero attached hydrogens (tertiary/aromatic N) is 2. The van der Waals surface area contributed by atoms with Gasteiger partial charge in [0.15, 0.2) is 0 Å². The normalized spacial score (nSPS) is 17.6. The Bertz CT molecular complexity index is 648. The number of benzene rings is 1. The zero-order valence-electron chi connectivity index (χ0n) is 11.4. The van der Waals surface area contributed by atoms with Gasteiger partial charge >= 0.3 is 5.97 Å². The van der Waals surface area contributed by atoms with Gasteiger partial charge in [-0.3, -0.25) is 0 Å². The third kappa shape index (κ3) is 2.05. The van der Waals surface area contributed by atoms with Gasteiger partial charge in [-0.25, -0.2) is 9.78 Å². The highest BCUT2D eigenvalue weighted by molar-refractivity contribution is 5.76. The van der Waals surface area contributed by atoms with E-state index in [1.54, 1.807) is 0 Å². The first kappa shape index (κ1) is 12.7. The number of esters is 1. The van der Waals surface area contributed by atoms with Crippen molar-refractivity contribution in [3.63, 3.8) is 0 Å². The van der Waals surface area contributed by atoms with E-state index in [2.05, 4.69) is 4.98 Å². The Morgan fingerprint density at radius 3 is 3.00 bits per heavy atom. The van der Waals surface area contributed by atoms with E-state index in [1.807, 2.05) is 35.0 Å². The Hall–Kier alpha value is -2.30. The third-order valence-electron chi connectivity index (χ3n) is 3.73. The number of aryl methyl sites for hydroxylation is 1. The molecule has 104 valence electrons. The molecule has 3 rings (SSSR count). The lowest BCUT2D eigenvalue weighted by Gasteiger charge is -2.22. The lowest BCUT2D eigenvalue weighted by molar-refractivity contribution is -0.145. The van der Waals surface area contributed by atoms with Gasteiger partial charge in [-0.2, -0.15) is 0 Å². The number of rotatable bonds is 2. The highest BCUT2D eigenvalue weighted by atomic mass is 16.5. The molecular weight excluding hydrogens is 254 g/mol. The first-order valence-corrected chi connectivity index (χ1v) is 6.71. The van der Waals surface area contributed by atoms with Gasteiger partial charge in [-0.15, -0.1) is 0 Å². The lowest BCUT2D eigenvalue weighted by Crippen LogP contribution is -2.25. The minimum Gasteiger partial charge on any atom is -0.467 e. The molecule has 0 spiro atoms. The maximum absolute atomic E-state index is 11.8. The third-order valence-corrected chi connectivity index (χ3v) is 3.73. The van der Waals surface area contributed by atoms with E-state index in [-0.39, 0.29) is 12.0 Å². The second kappa shape index (κ2) is 5.00.